The lowest BCUT2D eigenvalue weighted by molar-refractivity contribution is -0.113. The van der Waals surface area contributed by atoms with Gasteiger partial charge < -0.3 is 5.32 Å². The minimum absolute atomic E-state index is 0.00297. The molecule has 0 saturated heterocycles. The number of amides is 1. The van der Waals surface area contributed by atoms with Crippen LogP contribution in [0.2, 0.25) is 0 Å². The second kappa shape index (κ2) is 8.28. The molecule has 1 fully saturated rings. The number of carbonyl (C=O) groups excluding carboxylic acids is 1. The smallest absolute Gasteiger partial charge is 0.263 e. The highest BCUT2D eigenvalue weighted by atomic mass is 32.2. The first-order valence-electron chi connectivity index (χ1n) is 9.64. The fourth-order valence-electron chi connectivity index (χ4n) is 3.77. The van der Waals surface area contributed by atoms with Gasteiger partial charge in [-0.3, -0.25) is 14.2 Å². The topological polar surface area (TPSA) is 64.0 Å². The molecule has 1 aromatic carbocycles. The van der Waals surface area contributed by atoms with Crippen LogP contribution in [0.25, 0.3) is 10.2 Å². The van der Waals surface area contributed by atoms with Crippen LogP contribution >= 0.6 is 23.1 Å². The van der Waals surface area contributed by atoms with Crippen molar-refractivity contribution in [1.82, 2.24) is 9.55 Å². The zero-order valence-electron chi connectivity index (χ0n) is 16.3. The minimum atomic E-state index is -0.402. The third-order valence-electron chi connectivity index (χ3n) is 5.33. The minimum Gasteiger partial charge on any atom is -0.325 e. The molecule has 0 atom stereocenters. The van der Waals surface area contributed by atoms with Gasteiger partial charge in [0, 0.05) is 16.6 Å². The van der Waals surface area contributed by atoms with Crippen molar-refractivity contribution < 1.29 is 9.18 Å². The van der Waals surface area contributed by atoms with Crippen LogP contribution in [0.1, 0.15) is 42.2 Å². The fourth-order valence-corrected chi connectivity index (χ4v) is 5.70. The molecule has 2 aromatic heterocycles. The van der Waals surface area contributed by atoms with Crippen LogP contribution in [0.3, 0.4) is 0 Å². The van der Waals surface area contributed by atoms with Crippen molar-refractivity contribution in [2.45, 2.75) is 50.7 Å². The standard InChI is InChI=1S/C21H22FN3O2S2/c1-12-13(2)29-19-18(12)20(27)25(16-8-3-4-9-16)21(24-19)28-11-17(26)23-15-7-5-6-14(22)10-15/h5-7,10,16H,3-4,8-9,11H2,1-2H3,(H,23,26). The van der Waals surface area contributed by atoms with Gasteiger partial charge in [-0.05, 0) is 50.5 Å². The summed E-state index contributed by atoms with van der Waals surface area (Å²) < 4.78 is 15.1. The van der Waals surface area contributed by atoms with Crippen LogP contribution < -0.4 is 10.9 Å². The van der Waals surface area contributed by atoms with Gasteiger partial charge in [0.15, 0.2) is 5.16 Å². The Morgan fingerprint density at radius 1 is 1.34 bits per heavy atom. The Bertz CT molecular complexity index is 1130. The fraction of sp³-hybridized carbons (Fsp3) is 0.381. The molecule has 29 heavy (non-hydrogen) atoms. The summed E-state index contributed by atoms with van der Waals surface area (Å²) in [6.45, 7) is 3.97. The van der Waals surface area contributed by atoms with Crippen LogP contribution in [0.15, 0.2) is 34.2 Å². The number of hydrogen-bond acceptors (Lipinski definition) is 5. The predicted molar refractivity (Wildman–Crippen MR) is 117 cm³/mol. The molecule has 0 spiro atoms. The summed E-state index contributed by atoms with van der Waals surface area (Å²) in [5.74, 6) is -0.558. The van der Waals surface area contributed by atoms with Crippen LogP contribution in [-0.2, 0) is 4.79 Å². The van der Waals surface area contributed by atoms with Gasteiger partial charge >= 0.3 is 0 Å². The van der Waals surface area contributed by atoms with E-state index >= 15 is 0 Å². The molecule has 0 aliphatic heterocycles. The Morgan fingerprint density at radius 2 is 2.10 bits per heavy atom. The van der Waals surface area contributed by atoms with Crippen molar-refractivity contribution in [2.24, 2.45) is 0 Å². The number of hydrogen-bond donors (Lipinski definition) is 1. The molecule has 2 heterocycles. The number of anilines is 1. The van der Waals surface area contributed by atoms with Crippen molar-refractivity contribution in [3.05, 3.63) is 50.9 Å². The summed E-state index contributed by atoms with van der Waals surface area (Å²) >= 11 is 2.78. The number of fused-ring (bicyclic) bond motifs is 1. The number of nitrogens with one attached hydrogen (secondary N) is 1. The van der Waals surface area contributed by atoms with Crippen molar-refractivity contribution in [2.75, 3.05) is 11.1 Å². The van der Waals surface area contributed by atoms with Gasteiger partial charge in [0.25, 0.3) is 5.56 Å². The van der Waals surface area contributed by atoms with E-state index < -0.39 is 5.82 Å². The van der Waals surface area contributed by atoms with E-state index in [4.69, 9.17) is 4.98 Å². The van der Waals surface area contributed by atoms with Gasteiger partial charge in [-0.25, -0.2) is 9.37 Å². The Hall–Kier alpha value is -2.19. The normalized spacial score (nSPS) is 14.6. The van der Waals surface area contributed by atoms with Crippen molar-refractivity contribution >= 4 is 44.9 Å². The summed E-state index contributed by atoms with van der Waals surface area (Å²) in [6.07, 6.45) is 4.11. The molecule has 3 aromatic rings. The summed E-state index contributed by atoms with van der Waals surface area (Å²) in [4.78, 5) is 32.3. The lowest BCUT2D eigenvalue weighted by Gasteiger charge is -2.18. The maximum absolute atomic E-state index is 13.3. The number of benzene rings is 1. The van der Waals surface area contributed by atoms with Gasteiger partial charge in [-0.15, -0.1) is 11.3 Å². The number of thioether (sulfide) groups is 1. The van der Waals surface area contributed by atoms with Crippen molar-refractivity contribution in [3.8, 4) is 0 Å². The van der Waals surface area contributed by atoms with E-state index in [0.29, 0.717) is 16.2 Å². The maximum atomic E-state index is 13.3. The van der Waals surface area contributed by atoms with Crippen molar-refractivity contribution in [1.29, 1.82) is 0 Å². The molecule has 1 amide bonds. The van der Waals surface area contributed by atoms with E-state index in [2.05, 4.69) is 5.32 Å². The molecular formula is C21H22FN3O2S2. The van der Waals surface area contributed by atoms with Crippen molar-refractivity contribution in [3.63, 3.8) is 0 Å². The van der Waals surface area contributed by atoms with Crippen LogP contribution in [0, 0.1) is 19.7 Å². The highest BCUT2D eigenvalue weighted by molar-refractivity contribution is 7.99. The van der Waals surface area contributed by atoms with Gasteiger partial charge in [-0.1, -0.05) is 30.7 Å². The molecule has 0 radical (unpaired) electrons. The Balaban J connectivity index is 1.62. The quantitative estimate of drug-likeness (QED) is 0.453. The van der Waals surface area contributed by atoms with E-state index in [1.165, 1.54) is 35.2 Å². The average Bonchev–Trinajstić information content (AvgIpc) is 3.29. The summed E-state index contributed by atoms with van der Waals surface area (Å²) in [7, 11) is 0. The number of halogens is 1. The van der Waals surface area contributed by atoms with E-state index in [-0.39, 0.29) is 23.3 Å². The number of aryl methyl sites for hydroxylation is 2. The largest absolute Gasteiger partial charge is 0.325 e. The lowest BCUT2D eigenvalue weighted by atomic mass is 10.2. The lowest BCUT2D eigenvalue weighted by Crippen LogP contribution is -2.27. The number of carbonyl (C=O) groups is 1. The predicted octanol–water partition coefficient (Wildman–Crippen LogP) is 5.06. The zero-order chi connectivity index (χ0) is 20.5. The highest BCUT2D eigenvalue weighted by Crippen LogP contribution is 2.34. The first-order chi connectivity index (χ1) is 13.9. The summed E-state index contributed by atoms with van der Waals surface area (Å²) in [6, 6.07) is 5.93. The molecule has 8 heteroatoms. The molecule has 1 N–H and O–H groups in total. The second-order valence-corrected chi connectivity index (χ2v) is 9.46. The SMILES string of the molecule is Cc1sc2nc(SCC(=O)Nc3cccc(F)c3)n(C3CCCC3)c(=O)c2c1C. The van der Waals surface area contributed by atoms with Crippen LogP contribution in [0.4, 0.5) is 10.1 Å². The Labute approximate surface area is 176 Å². The van der Waals surface area contributed by atoms with E-state index in [0.717, 1.165) is 41.0 Å². The molecular weight excluding hydrogens is 409 g/mol. The average molecular weight is 432 g/mol. The molecule has 4 rings (SSSR count). The van der Waals surface area contributed by atoms with Crippen LogP contribution in [0.5, 0.6) is 0 Å². The number of aromatic nitrogens is 2. The first kappa shape index (κ1) is 20.1. The molecule has 1 saturated carbocycles. The summed E-state index contributed by atoms with van der Waals surface area (Å²) in [5, 5.41) is 3.98. The van der Waals surface area contributed by atoms with Gasteiger partial charge in [0.2, 0.25) is 5.91 Å². The monoisotopic (exact) mass is 431 g/mol. The molecule has 152 valence electrons. The van der Waals surface area contributed by atoms with Crippen LogP contribution in [-0.4, -0.2) is 21.2 Å². The second-order valence-electron chi connectivity index (χ2n) is 7.32. The molecule has 0 bridgehead atoms. The van der Waals surface area contributed by atoms with E-state index in [1.54, 1.807) is 16.7 Å². The zero-order valence-corrected chi connectivity index (χ0v) is 18.0. The highest BCUT2D eigenvalue weighted by Gasteiger charge is 2.25. The first-order valence-corrected chi connectivity index (χ1v) is 11.4. The summed E-state index contributed by atoms with van der Waals surface area (Å²) in [5.41, 5.74) is 1.41. The number of rotatable bonds is 5. The van der Waals surface area contributed by atoms with Gasteiger partial charge in [0.1, 0.15) is 10.6 Å². The molecule has 5 nitrogen and oxygen atoms in total. The van der Waals surface area contributed by atoms with E-state index in [9.17, 15) is 14.0 Å². The van der Waals surface area contributed by atoms with E-state index in [1.807, 2.05) is 13.8 Å². The third kappa shape index (κ3) is 4.09. The Kier molecular flexibility index (Phi) is 5.74. The third-order valence-corrected chi connectivity index (χ3v) is 7.39. The Morgan fingerprint density at radius 3 is 2.83 bits per heavy atom. The van der Waals surface area contributed by atoms with Gasteiger partial charge in [-0.2, -0.15) is 0 Å². The van der Waals surface area contributed by atoms with Gasteiger partial charge in [0.05, 0.1) is 11.1 Å². The maximum Gasteiger partial charge on any atom is 0.263 e. The molecule has 1 aliphatic carbocycles. The molecule has 1 aliphatic rings. The molecule has 0 unspecified atom stereocenters. The number of nitrogens with zero attached hydrogens (tertiary/aromatic N) is 2. The number of thiophene rings is 1.